The van der Waals surface area contributed by atoms with Gasteiger partial charge >= 0.3 is 29.3 Å². The van der Waals surface area contributed by atoms with Crippen LogP contribution in [-0.2, 0) is 10.4 Å². The molecule has 0 fully saturated rings. The Morgan fingerprint density at radius 2 is 1.11 bits per heavy atom. The van der Waals surface area contributed by atoms with Crippen molar-refractivity contribution in [2.24, 2.45) is 0 Å². The smallest absolute Gasteiger partial charge is 1.00 e. The topological polar surface area (TPSA) is 138 Å². The van der Waals surface area contributed by atoms with Gasteiger partial charge in [0.15, 0.2) is 17.4 Å². The first kappa shape index (κ1) is 32.6. The van der Waals surface area contributed by atoms with E-state index in [1.54, 1.807) is 0 Å². The summed E-state index contributed by atoms with van der Waals surface area (Å²) in [6, 6.07) is 0. The summed E-state index contributed by atoms with van der Waals surface area (Å²) in [7, 11) is -4.67. The molecular formula is H10AlLiO6S. The first-order valence-corrected chi connectivity index (χ1v) is 2.10. The van der Waals surface area contributed by atoms with E-state index in [1.165, 1.54) is 0 Å². The molecule has 0 aliphatic heterocycles. The van der Waals surface area contributed by atoms with Gasteiger partial charge in [0.1, 0.15) is 0 Å². The van der Waals surface area contributed by atoms with E-state index in [0.29, 0.717) is 0 Å². The van der Waals surface area contributed by atoms with Gasteiger partial charge < -0.3 is 12.4 Å². The van der Waals surface area contributed by atoms with E-state index in [0.717, 1.165) is 0 Å². The van der Waals surface area contributed by atoms with Gasteiger partial charge in [-0.2, -0.15) is 8.42 Å². The molecule has 9 heteroatoms. The fourth-order valence-corrected chi connectivity index (χ4v) is 0. The molecule has 0 rings (SSSR count). The number of hydrogen-bond acceptors (Lipinski definition) is 2. The van der Waals surface area contributed by atoms with E-state index in [-0.39, 0.29) is 48.6 Å². The fraction of sp³-hybridized carbons (Fsp3) is 0. The minimum absolute atomic E-state index is 0. The molecular weight excluding hydrogens is 162 g/mol. The van der Waals surface area contributed by atoms with Crippen molar-refractivity contribution in [3.8, 4) is 0 Å². The van der Waals surface area contributed by atoms with E-state index in [9.17, 15) is 0 Å². The van der Waals surface area contributed by atoms with Gasteiger partial charge in [-0.05, 0) is 0 Å². The molecule has 0 aliphatic rings. The maximum atomic E-state index is 8.74. The second kappa shape index (κ2) is 11.7. The van der Waals surface area contributed by atoms with Crippen LogP contribution in [0.5, 0.6) is 0 Å². The summed E-state index contributed by atoms with van der Waals surface area (Å²) in [6.45, 7) is 0. The van der Waals surface area contributed by atoms with E-state index in [2.05, 4.69) is 0 Å². The molecule has 0 saturated carbocycles. The molecule has 0 amide bonds. The predicted molar refractivity (Wildman–Crippen MR) is 32.5 cm³/mol. The quantitative estimate of drug-likeness (QED) is 0.277. The number of hydrogen-bond donors (Lipinski definition) is 2. The predicted octanol–water partition coefficient (Wildman–Crippen LogP) is -6.37. The van der Waals surface area contributed by atoms with Crippen LogP contribution in [-0.4, -0.2) is 45.8 Å². The molecule has 0 unspecified atom stereocenters. The van der Waals surface area contributed by atoms with Gasteiger partial charge in [0.25, 0.3) is 0 Å². The summed E-state index contributed by atoms with van der Waals surface area (Å²) in [6.07, 6.45) is 0. The van der Waals surface area contributed by atoms with Crippen molar-refractivity contribution in [3.63, 3.8) is 0 Å². The minimum Gasteiger partial charge on any atom is -1.00 e. The summed E-state index contributed by atoms with van der Waals surface area (Å²) in [5, 5.41) is 0. The molecule has 0 spiro atoms. The van der Waals surface area contributed by atoms with E-state index in [4.69, 9.17) is 17.5 Å². The monoisotopic (exact) mass is 172 g/mol. The molecule has 0 bridgehead atoms. The molecule has 9 heavy (non-hydrogen) atoms. The Morgan fingerprint density at radius 1 is 1.11 bits per heavy atom. The summed E-state index contributed by atoms with van der Waals surface area (Å²) in [5.41, 5.74) is 0. The van der Waals surface area contributed by atoms with Gasteiger partial charge in [-0.3, -0.25) is 9.11 Å². The minimum atomic E-state index is -4.67. The van der Waals surface area contributed by atoms with Gasteiger partial charge in [0.2, 0.25) is 0 Å². The van der Waals surface area contributed by atoms with E-state index < -0.39 is 10.4 Å². The first-order chi connectivity index (χ1) is 2.00. The molecule has 0 saturated heterocycles. The molecule has 0 aromatic rings. The fourth-order valence-electron chi connectivity index (χ4n) is 0. The Balaban J connectivity index is -0.00000000800. The van der Waals surface area contributed by atoms with Crippen LogP contribution in [0.3, 0.4) is 0 Å². The first-order valence-electron chi connectivity index (χ1n) is 0.698. The second-order valence-electron chi connectivity index (χ2n) is 0.448. The van der Waals surface area contributed by atoms with Gasteiger partial charge in [-0.1, -0.05) is 0 Å². The zero-order chi connectivity index (χ0) is 4.50. The van der Waals surface area contributed by atoms with E-state index in [1.807, 2.05) is 0 Å². The Hall–Kier alpha value is 0.920. The maximum absolute atomic E-state index is 8.74. The van der Waals surface area contributed by atoms with Gasteiger partial charge in [0, 0.05) is 0 Å². The van der Waals surface area contributed by atoms with Crippen molar-refractivity contribution in [3.05, 3.63) is 0 Å². The van der Waals surface area contributed by atoms with Crippen LogP contribution >= 0.6 is 0 Å². The number of rotatable bonds is 0. The van der Waals surface area contributed by atoms with Gasteiger partial charge in [-0.25, -0.2) is 0 Å². The Labute approximate surface area is 76.6 Å². The molecule has 0 aromatic heterocycles. The SMILES string of the molecule is O.O.O=S(=O)(O)O.[AlH3].[H-].[Li+]. The molecule has 0 radical (unpaired) electrons. The second-order valence-corrected chi connectivity index (χ2v) is 1.34. The average molecular weight is 172 g/mol. The molecule has 6 nitrogen and oxygen atoms in total. The molecule has 56 valence electrons. The van der Waals surface area contributed by atoms with Crippen LogP contribution in [0.4, 0.5) is 0 Å². The average Bonchev–Trinajstić information content (AvgIpc) is 0.722. The van der Waals surface area contributed by atoms with E-state index >= 15 is 0 Å². The summed E-state index contributed by atoms with van der Waals surface area (Å²) < 4.78 is 31.6. The van der Waals surface area contributed by atoms with Crippen molar-refractivity contribution in [1.29, 1.82) is 0 Å². The summed E-state index contributed by atoms with van der Waals surface area (Å²) in [4.78, 5) is 0. The Kier molecular flexibility index (Phi) is 42.3. The van der Waals surface area contributed by atoms with Gasteiger partial charge in [-0.15, -0.1) is 0 Å². The molecule has 0 aromatic carbocycles. The maximum Gasteiger partial charge on any atom is 1.00 e. The van der Waals surface area contributed by atoms with Crippen LogP contribution < -0.4 is 18.9 Å². The molecule has 0 aliphatic carbocycles. The Morgan fingerprint density at radius 3 is 1.11 bits per heavy atom. The van der Waals surface area contributed by atoms with Crippen molar-refractivity contribution in [2.75, 3.05) is 0 Å². The molecule has 6 N–H and O–H groups in total. The largest absolute Gasteiger partial charge is 1.00 e. The van der Waals surface area contributed by atoms with Crippen LogP contribution in [0.15, 0.2) is 0 Å². The third-order valence-electron chi connectivity index (χ3n) is 0. The van der Waals surface area contributed by atoms with Crippen molar-refractivity contribution in [1.82, 2.24) is 0 Å². The zero-order valence-corrected chi connectivity index (χ0v) is 4.94. The van der Waals surface area contributed by atoms with Crippen LogP contribution in [0.25, 0.3) is 0 Å². The molecule has 0 atom stereocenters. The van der Waals surface area contributed by atoms with Crippen LogP contribution in [0.1, 0.15) is 1.43 Å². The van der Waals surface area contributed by atoms with Crippen LogP contribution in [0, 0.1) is 0 Å². The van der Waals surface area contributed by atoms with Crippen LogP contribution in [0.2, 0.25) is 0 Å². The summed E-state index contributed by atoms with van der Waals surface area (Å²) >= 11 is 0. The normalized spacial score (nSPS) is 6.44. The standard InChI is InChI=1S/Al.Li.H2O4S.2H2O.4H/c;;1-5(2,3)4;;;;;;/h;;(H2,1,2,3,4);2*1H2;;;;/q;+1;;;;;;;-1. The van der Waals surface area contributed by atoms with Crippen molar-refractivity contribution >= 4 is 27.8 Å². The Bertz CT molecular complexity index is 101. The van der Waals surface area contributed by atoms with Crippen molar-refractivity contribution < 1.29 is 48.8 Å². The van der Waals surface area contributed by atoms with Crippen molar-refractivity contribution in [2.45, 2.75) is 0 Å². The molecule has 0 heterocycles. The van der Waals surface area contributed by atoms with Gasteiger partial charge in [0.05, 0.1) is 0 Å². The zero-order valence-electron chi connectivity index (χ0n) is 5.12. The summed E-state index contributed by atoms with van der Waals surface area (Å²) in [5.74, 6) is 0. The third-order valence-corrected chi connectivity index (χ3v) is 0. The third kappa shape index (κ3) is 505.